The van der Waals surface area contributed by atoms with Crippen molar-refractivity contribution in [3.8, 4) is 17.6 Å². The minimum Gasteiger partial charge on any atom is -0.410 e. The van der Waals surface area contributed by atoms with Crippen LogP contribution in [-0.4, -0.2) is 48.6 Å². The van der Waals surface area contributed by atoms with Gasteiger partial charge in [0.15, 0.2) is 0 Å². The molecule has 4 nitrogen and oxygen atoms in total. The first kappa shape index (κ1) is 20.0. The fourth-order valence-electron chi connectivity index (χ4n) is 3.85. The number of ether oxygens (including phenoxy) is 1. The predicted octanol–water partition coefficient (Wildman–Crippen LogP) is 4.82. The maximum absolute atomic E-state index is 12.4. The minimum absolute atomic E-state index is 0.227. The van der Waals surface area contributed by atoms with E-state index in [0.717, 1.165) is 32.2 Å². The molecule has 0 spiro atoms. The maximum Gasteiger partial charge on any atom is 0.415 e. The van der Waals surface area contributed by atoms with Crippen LogP contribution in [0.15, 0.2) is 24.3 Å². The molecule has 0 bridgehead atoms. The Morgan fingerprint density at radius 2 is 1.81 bits per heavy atom. The lowest BCUT2D eigenvalue weighted by Crippen LogP contribution is -2.41. The van der Waals surface area contributed by atoms with Crippen LogP contribution in [0.4, 0.5) is 4.79 Å². The van der Waals surface area contributed by atoms with E-state index in [-0.39, 0.29) is 12.1 Å². The summed E-state index contributed by atoms with van der Waals surface area (Å²) in [7, 11) is 1.82. The summed E-state index contributed by atoms with van der Waals surface area (Å²) >= 11 is 5.86. The third-order valence-electron chi connectivity index (χ3n) is 5.61. The largest absolute Gasteiger partial charge is 0.415 e. The first-order chi connectivity index (χ1) is 13.1. The second kappa shape index (κ2) is 10.0. The molecular weight excluding hydrogens is 360 g/mol. The monoisotopic (exact) mass is 388 g/mol. The van der Waals surface area contributed by atoms with E-state index in [4.69, 9.17) is 16.3 Å². The Labute approximate surface area is 167 Å². The molecule has 1 saturated carbocycles. The summed E-state index contributed by atoms with van der Waals surface area (Å²) in [6.07, 6.45) is 7.74. The lowest BCUT2D eigenvalue weighted by molar-refractivity contribution is 0.129. The van der Waals surface area contributed by atoms with E-state index < -0.39 is 0 Å². The number of halogens is 1. The number of carbonyl (C=O) groups excluding carboxylic acids is 1. The van der Waals surface area contributed by atoms with Crippen LogP contribution in [0.25, 0.3) is 0 Å². The topological polar surface area (TPSA) is 32.8 Å². The van der Waals surface area contributed by atoms with Crippen molar-refractivity contribution >= 4 is 17.7 Å². The standard InChI is InChI=1S/C22H29ClN2O2/c1-24(22(26)27-21-13-9-19(23)10-14-21)20-11-7-18(8-12-20)6-5-17-25-15-3-2-4-16-25/h9-10,13-14,18,20H,2-4,7-8,11-12,15-17H2,1H3/t18-,20-. The van der Waals surface area contributed by atoms with Crippen molar-refractivity contribution in [1.82, 2.24) is 9.80 Å². The molecule has 5 heteroatoms. The number of carbonyl (C=O) groups is 1. The molecular formula is C22H29ClN2O2. The van der Waals surface area contributed by atoms with Gasteiger partial charge in [0.1, 0.15) is 5.75 Å². The van der Waals surface area contributed by atoms with Gasteiger partial charge in [-0.1, -0.05) is 29.9 Å². The number of amides is 1. The van der Waals surface area contributed by atoms with Crippen LogP contribution in [0.3, 0.4) is 0 Å². The summed E-state index contributed by atoms with van der Waals surface area (Å²) in [6, 6.07) is 7.09. The molecule has 146 valence electrons. The second-order valence-corrected chi connectivity index (χ2v) is 8.03. The SMILES string of the molecule is CN(C(=O)Oc1ccc(Cl)cc1)[C@H]1CC[C@H](C#CCN2CCCCC2)CC1. The highest BCUT2D eigenvalue weighted by atomic mass is 35.5. The molecule has 1 heterocycles. The van der Waals surface area contributed by atoms with E-state index in [2.05, 4.69) is 16.7 Å². The van der Waals surface area contributed by atoms with Gasteiger partial charge in [0.2, 0.25) is 0 Å². The number of nitrogens with zero attached hydrogens (tertiary/aromatic N) is 2. The first-order valence-electron chi connectivity index (χ1n) is 10.0. The van der Waals surface area contributed by atoms with Gasteiger partial charge in [-0.05, 0) is 75.9 Å². The molecule has 1 saturated heterocycles. The van der Waals surface area contributed by atoms with Crippen LogP contribution in [0.5, 0.6) is 5.75 Å². The fraction of sp³-hybridized carbons (Fsp3) is 0.591. The highest BCUT2D eigenvalue weighted by Gasteiger charge is 2.27. The Morgan fingerprint density at radius 3 is 2.48 bits per heavy atom. The van der Waals surface area contributed by atoms with Crippen molar-refractivity contribution in [2.75, 3.05) is 26.7 Å². The van der Waals surface area contributed by atoms with Gasteiger partial charge in [-0.2, -0.15) is 0 Å². The zero-order valence-electron chi connectivity index (χ0n) is 16.1. The molecule has 0 atom stereocenters. The molecule has 3 rings (SSSR count). The van der Waals surface area contributed by atoms with Crippen molar-refractivity contribution in [1.29, 1.82) is 0 Å². The van der Waals surface area contributed by atoms with Crippen molar-refractivity contribution in [3.63, 3.8) is 0 Å². The molecule has 1 aromatic rings. The highest BCUT2D eigenvalue weighted by Crippen LogP contribution is 2.27. The highest BCUT2D eigenvalue weighted by molar-refractivity contribution is 6.30. The van der Waals surface area contributed by atoms with Crippen molar-refractivity contribution in [2.45, 2.75) is 51.0 Å². The van der Waals surface area contributed by atoms with E-state index in [0.29, 0.717) is 16.7 Å². The molecule has 1 aromatic carbocycles. The van der Waals surface area contributed by atoms with Crippen molar-refractivity contribution in [2.24, 2.45) is 5.92 Å². The lowest BCUT2D eigenvalue weighted by Gasteiger charge is -2.32. The molecule has 0 radical (unpaired) electrons. The van der Waals surface area contributed by atoms with Gasteiger partial charge in [0.25, 0.3) is 0 Å². The Hall–Kier alpha value is -1.70. The Kier molecular flexibility index (Phi) is 7.43. The third kappa shape index (κ3) is 6.16. The van der Waals surface area contributed by atoms with E-state index in [9.17, 15) is 4.79 Å². The zero-order valence-corrected chi connectivity index (χ0v) is 16.9. The number of benzene rings is 1. The van der Waals surface area contributed by atoms with Gasteiger partial charge in [0, 0.05) is 24.0 Å². The van der Waals surface area contributed by atoms with Crippen LogP contribution in [0.2, 0.25) is 5.02 Å². The molecule has 1 aliphatic carbocycles. The van der Waals surface area contributed by atoms with Crippen LogP contribution in [0, 0.1) is 17.8 Å². The van der Waals surface area contributed by atoms with E-state index in [1.54, 1.807) is 29.2 Å². The maximum atomic E-state index is 12.4. The number of likely N-dealkylation sites (tertiary alicyclic amines) is 1. The van der Waals surface area contributed by atoms with Gasteiger partial charge in [0.05, 0.1) is 6.54 Å². The van der Waals surface area contributed by atoms with Crippen LogP contribution < -0.4 is 4.74 Å². The predicted molar refractivity (Wildman–Crippen MR) is 109 cm³/mol. The second-order valence-electron chi connectivity index (χ2n) is 7.60. The Balaban J connectivity index is 1.41. The summed E-state index contributed by atoms with van der Waals surface area (Å²) in [5.74, 6) is 7.84. The lowest BCUT2D eigenvalue weighted by atomic mass is 9.86. The summed E-state index contributed by atoms with van der Waals surface area (Å²) in [4.78, 5) is 16.6. The smallest absolute Gasteiger partial charge is 0.410 e. The average Bonchev–Trinajstić information content (AvgIpc) is 2.70. The molecule has 2 aliphatic rings. The molecule has 1 amide bonds. The number of hydrogen-bond donors (Lipinski definition) is 0. The molecule has 0 unspecified atom stereocenters. The molecule has 0 N–H and O–H groups in total. The first-order valence-corrected chi connectivity index (χ1v) is 10.4. The van der Waals surface area contributed by atoms with Gasteiger partial charge in [-0.3, -0.25) is 4.90 Å². The Morgan fingerprint density at radius 1 is 1.15 bits per heavy atom. The van der Waals surface area contributed by atoms with Crippen LogP contribution >= 0.6 is 11.6 Å². The summed E-state index contributed by atoms with van der Waals surface area (Å²) in [5.41, 5.74) is 0. The molecule has 0 aromatic heterocycles. The van der Waals surface area contributed by atoms with Crippen LogP contribution in [0.1, 0.15) is 44.9 Å². The molecule has 27 heavy (non-hydrogen) atoms. The average molecular weight is 389 g/mol. The fourth-order valence-corrected chi connectivity index (χ4v) is 3.98. The quantitative estimate of drug-likeness (QED) is 0.696. The number of rotatable bonds is 3. The van der Waals surface area contributed by atoms with Gasteiger partial charge in [-0.15, -0.1) is 0 Å². The minimum atomic E-state index is -0.308. The molecule has 2 fully saturated rings. The van der Waals surface area contributed by atoms with Crippen LogP contribution in [-0.2, 0) is 0 Å². The van der Waals surface area contributed by atoms with Gasteiger partial charge >= 0.3 is 6.09 Å². The number of hydrogen-bond acceptors (Lipinski definition) is 3. The van der Waals surface area contributed by atoms with E-state index in [1.165, 1.54) is 32.4 Å². The number of piperidine rings is 1. The van der Waals surface area contributed by atoms with Gasteiger partial charge < -0.3 is 9.64 Å². The summed E-state index contributed by atoms with van der Waals surface area (Å²) in [5, 5.41) is 0.628. The van der Waals surface area contributed by atoms with Crippen molar-refractivity contribution in [3.05, 3.63) is 29.3 Å². The van der Waals surface area contributed by atoms with Gasteiger partial charge in [-0.25, -0.2) is 4.79 Å². The van der Waals surface area contributed by atoms with Crippen molar-refractivity contribution < 1.29 is 9.53 Å². The zero-order chi connectivity index (χ0) is 19.1. The third-order valence-corrected chi connectivity index (χ3v) is 5.86. The van der Waals surface area contributed by atoms with E-state index >= 15 is 0 Å². The summed E-state index contributed by atoms with van der Waals surface area (Å²) in [6.45, 7) is 3.30. The normalized spacial score (nSPS) is 23.2. The Bertz CT molecular complexity index is 666. The van der Waals surface area contributed by atoms with E-state index in [1.807, 2.05) is 7.05 Å². The molecule has 1 aliphatic heterocycles. The summed E-state index contributed by atoms with van der Waals surface area (Å²) < 4.78 is 5.44.